The Balaban J connectivity index is 1.79. The Bertz CT molecular complexity index is 559. The van der Waals surface area contributed by atoms with Gasteiger partial charge in [-0.05, 0) is 19.3 Å². The number of aryl methyl sites for hydroxylation is 1. The molecule has 1 atom stereocenters. The summed E-state index contributed by atoms with van der Waals surface area (Å²) in [5.41, 5.74) is 0. The molecule has 118 valence electrons. The standard InChI is InChI=1S/C11H19N5O4S/c17-11(18)10-3-1-7-16(9-10)21(19,20)13-4-2-6-15-8-5-12-14-15/h5,8,10,13H,1-4,6-7,9H2,(H,17,18). The van der Waals surface area contributed by atoms with Crippen LogP contribution < -0.4 is 4.72 Å². The molecule has 2 heterocycles. The largest absolute Gasteiger partial charge is 0.481 e. The van der Waals surface area contributed by atoms with Gasteiger partial charge in [0.15, 0.2) is 0 Å². The van der Waals surface area contributed by atoms with Gasteiger partial charge in [0.1, 0.15) is 0 Å². The van der Waals surface area contributed by atoms with E-state index in [-0.39, 0.29) is 13.1 Å². The van der Waals surface area contributed by atoms with Crippen LogP contribution in [0.5, 0.6) is 0 Å². The molecule has 2 rings (SSSR count). The summed E-state index contributed by atoms with van der Waals surface area (Å²) in [7, 11) is -3.62. The Kier molecular flexibility index (Phi) is 5.26. The second kappa shape index (κ2) is 6.96. The fourth-order valence-electron chi connectivity index (χ4n) is 2.25. The van der Waals surface area contributed by atoms with E-state index in [1.54, 1.807) is 17.1 Å². The van der Waals surface area contributed by atoms with Crippen molar-refractivity contribution in [2.75, 3.05) is 19.6 Å². The summed E-state index contributed by atoms with van der Waals surface area (Å²) < 4.78 is 29.5. The number of piperidine rings is 1. The van der Waals surface area contributed by atoms with Crippen molar-refractivity contribution in [3.8, 4) is 0 Å². The van der Waals surface area contributed by atoms with E-state index in [0.29, 0.717) is 32.4 Å². The molecule has 0 amide bonds. The van der Waals surface area contributed by atoms with Gasteiger partial charge >= 0.3 is 5.97 Å². The van der Waals surface area contributed by atoms with E-state index in [9.17, 15) is 13.2 Å². The van der Waals surface area contributed by atoms with E-state index in [4.69, 9.17) is 5.11 Å². The van der Waals surface area contributed by atoms with Crippen LogP contribution in [0.4, 0.5) is 0 Å². The van der Waals surface area contributed by atoms with Crippen LogP contribution in [0.2, 0.25) is 0 Å². The van der Waals surface area contributed by atoms with Gasteiger partial charge in [-0.1, -0.05) is 5.21 Å². The molecule has 0 saturated carbocycles. The van der Waals surface area contributed by atoms with Crippen LogP contribution in [0.3, 0.4) is 0 Å². The summed E-state index contributed by atoms with van der Waals surface area (Å²) in [6.45, 7) is 1.24. The SMILES string of the molecule is O=C(O)C1CCCN(S(=O)(=O)NCCCn2ccnn2)C1. The smallest absolute Gasteiger partial charge is 0.307 e. The number of aromatic nitrogens is 3. The van der Waals surface area contributed by atoms with E-state index in [1.165, 1.54) is 4.31 Å². The Morgan fingerprint density at radius 2 is 2.29 bits per heavy atom. The summed E-state index contributed by atoms with van der Waals surface area (Å²) in [4.78, 5) is 11.0. The molecule has 0 radical (unpaired) electrons. The van der Waals surface area contributed by atoms with Gasteiger partial charge in [-0.3, -0.25) is 9.48 Å². The molecule has 0 bridgehead atoms. The van der Waals surface area contributed by atoms with Crippen molar-refractivity contribution < 1.29 is 18.3 Å². The summed E-state index contributed by atoms with van der Waals surface area (Å²) in [6.07, 6.45) is 4.93. The third-order valence-corrected chi connectivity index (χ3v) is 4.97. The van der Waals surface area contributed by atoms with Crippen LogP contribution in [-0.4, -0.2) is 58.4 Å². The average Bonchev–Trinajstić information content (AvgIpc) is 2.97. The van der Waals surface area contributed by atoms with E-state index in [1.807, 2.05) is 0 Å². The summed E-state index contributed by atoms with van der Waals surface area (Å²) >= 11 is 0. The van der Waals surface area contributed by atoms with Crippen LogP contribution in [0, 0.1) is 5.92 Å². The van der Waals surface area contributed by atoms with Crippen molar-refractivity contribution in [3.63, 3.8) is 0 Å². The Hall–Kier alpha value is -1.52. The van der Waals surface area contributed by atoms with Gasteiger partial charge < -0.3 is 5.11 Å². The summed E-state index contributed by atoms with van der Waals surface area (Å²) in [5.74, 6) is -1.56. The van der Waals surface area contributed by atoms with Crippen molar-refractivity contribution in [1.29, 1.82) is 0 Å². The van der Waals surface area contributed by atoms with Gasteiger partial charge in [0.25, 0.3) is 10.2 Å². The first kappa shape index (κ1) is 15.9. The molecule has 2 N–H and O–H groups in total. The fourth-order valence-corrected chi connectivity index (χ4v) is 3.58. The minimum absolute atomic E-state index is 0.0355. The van der Waals surface area contributed by atoms with Gasteiger partial charge in [0, 0.05) is 32.4 Å². The zero-order valence-electron chi connectivity index (χ0n) is 11.6. The van der Waals surface area contributed by atoms with E-state index < -0.39 is 22.1 Å². The number of nitrogens with one attached hydrogen (secondary N) is 1. The molecular weight excluding hydrogens is 298 g/mol. The highest BCUT2D eigenvalue weighted by molar-refractivity contribution is 7.87. The second-order valence-electron chi connectivity index (χ2n) is 4.95. The van der Waals surface area contributed by atoms with Crippen molar-refractivity contribution in [1.82, 2.24) is 24.0 Å². The molecular formula is C11H19N5O4S. The average molecular weight is 317 g/mol. The van der Waals surface area contributed by atoms with Crippen LogP contribution in [0.1, 0.15) is 19.3 Å². The number of carbonyl (C=O) groups is 1. The highest BCUT2D eigenvalue weighted by Gasteiger charge is 2.31. The second-order valence-corrected chi connectivity index (χ2v) is 6.71. The lowest BCUT2D eigenvalue weighted by Gasteiger charge is -2.29. The Morgan fingerprint density at radius 1 is 1.48 bits per heavy atom. The number of carboxylic acids is 1. The highest BCUT2D eigenvalue weighted by Crippen LogP contribution is 2.18. The number of nitrogens with zero attached hydrogens (tertiary/aromatic N) is 4. The predicted molar refractivity (Wildman–Crippen MR) is 73.5 cm³/mol. The molecule has 1 saturated heterocycles. The summed E-state index contributed by atoms with van der Waals surface area (Å²) in [5, 5.41) is 16.4. The molecule has 1 unspecified atom stereocenters. The molecule has 1 aromatic heterocycles. The quantitative estimate of drug-likeness (QED) is 0.642. The molecule has 1 aliphatic rings. The first-order chi connectivity index (χ1) is 9.99. The van der Waals surface area contributed by atoms with E-state index in [2.05, 4.69) is 15.0 Å². The number of rotatable bonds is 7. The number of hydrogen-bond donors (Lipinski definition) is 2. The van der Waals surface area contributed by atoms with Crippen molar-refractivity contribution in [3.05, 3.63) is 12.4 Å². The van der Waals surface area contributed by atoms with Crippen LogP contribution in [0.15, 0.2) is 12.4 Å². The van der Waals surface area contributed by atoms with Crippen molar-refractivity contribution in [2.45, 2.75) is 25.8 Å². The zero-order chi connectivity index (χ0) is 15.3. The van der Waals surface area contributed by atoms with Crippen LogP contribution >= 0.6 is 0 Å². The lowest BCUT2D eigenvalue weighted by molar-refractivity contribution is -0.142. The first-order valence-electron chi connectivity index (χ1n) is 6.80. The predicted octanol–water partition coefficient (Wildman–Crippen LogP) is -0.701. The van der Waals surface area contributed by atoms with Crippen molar-refractivity contribution >= 4 is 16.2 Å². The maximum absolute atomic E-state index is 12.1. The number of aliphatic carboxylic acids is 1. The molecule has 1 fully saturated rings. The van der Waals surface area contributed by atoms with Crippen molar-refractivity contribution in [2.24, 2.45) is 5.92 Å². The topological polar surface area (TPSA) is 117 Å². The van der Waals surface area contributed by atoms with Gasteiger partial charge in [-0.25, -0.2) is 4.72 Å². The monoisotopic (exact) mass is 317 g/mol. The fraction of sp³-hybridized carbons (Fsp3) is 0.727. The number of hydrogen-bond acceptors (Lipinski definition) is 5. The maximum Gasteiger partial charge on any atom is 0.307 e. The van der Waals surface area contributed by atoms with E-state index in [0.717, 1.165) is 0 Å². The molecule has 0 spiro atoms. The van der Waals surface area contributed by atoms with Gasteiger partial charge in [-0.2, -0.15) is 12.7 Å². The molecule has 21 heavy (non-hydrogen) atoms. The zero-order valence-corrected chi connectivity index (χ0v) is 12.4. The molecule has 1 aliphatic heterocycles. The molecule has 0 aliphatic carbocycles. The first-order valence-corrected chi connectivity index (χ1v) is 8.24. The molecule has 0 aromatic carbocycles. The molecule has 9 nitrogen and oxygen atoms in total. The third-order valence-electron chi connectivity index (χ3n) is 3.39. The van der Waals surface area contributed by atoms with Gasteiger partial charge in [-0.15, -0.1) is 5.10 Å². The molecule has 10 heteroatoms. The van der Waals surface area contributed by atoms with Crippen LogP contribution in [-0.2, 0) is 21.5 Å². The third kappa shape index (κ3) is 4.48. The van der Waals surface area contributed by atoms with Gasteiger partial charge in [0.2, 0.25) is 0 Å². The Labute approximate surface area is 123 Å². The highest BCUT2D eigenvalue weighted by atomic mass is 32.2. The maximum atomic E-state index is 12.1. The van der Waals surface area contributed by atoms with Crippen LogP contribution in [0.25, 0.3) is 0 Å². The normalized spacial score (nSPS) is 20.5. The van der Waals surface area contributed by atoms with Gasteiger partial charge in [0.05, 0.1) is 12.1 Å². The molecule has 1 aromatic rings. The Morgan fingerprint density at radius 3 is 2.95 bits per heavy atom. The summed E-state index contributed by atoms with van der Waals surface area (Å²) in [6, 6.07) is 0. The van der Waals surface area contributed by atoms with E-state index >= 15 is 0 Å². The lowest BCUT2D eigenvalue weighted by atomic mass is 10.0. The lowest BCUT2D eigenvalue weighted by Crippen LogP contribution is -2.47. The minimum Gasteiger partial charge on any atom is -0.481 e. The minimum atomic E-state index is -3.62. The number of carboxylic acid groups (broad SMARTS) is 1.